The highest BCUT2D eigenvalue weighted by molar-refractivity contribution is 6.32. The van der Waals surface area contributed by atoms with E-state index < -0.39 is 69.6 Å². The molecule has 0 aliphatic rings. The molecule has 1 heterocycles. The van der Waals surface area contributed by atoms with Crippen molar-refractivity contribution in [1.29, 1.82) is 0 Å². The molecule has 2 atom stereocenters. The average molecular weight is 484 g/mol. The molecule has 1 unspecified atom stereocenters. The van der Waals surface area contributed by atoms with Crippen molar-refractivity contribution in [1.82, 2.24) is 9.97 Å². The first-order valence-corrected chi connectivity index (χ1v) is 9.24. The Kier molecular flexibility index (Phi) is 7.99. The Morgan fingerprint density at radius 2 is 1.75 bits per heavy atom. The van der Waals surface area contributed by atoms with Gasteiger partial charge in [0.2, 0.25) is 0 Å². The molecule has 1 aromatic carbocycles. The van der Waals surface area contributed by atoms with E-state index in [9.17, 15) is 31.1 Å². The van der Waals surface area contributed by atoms with Crippen LogP contribution in [0.2, 0.25) is 5.15 Å². The maximum absolute atomic E-state index is 14.3. The average Bonchev–Trinajstić information content (AvgIpc) is 2.67. The molecule has 14 heteroatoms. The van der Waals surface area contributed by atoms with Crippen LogP contribution in [0.3, 0.4) is 0 Å². The molecule has 2 rings (SSSR count). The van der Waals surface area contributed by atoms with Gasteiger partial charge in [0.05, 0.1) is 30.7 Å². The quantitative estimate of drug-likeness (QED) is 0.244. The summed E-state index contributed by atoms with van der Waals surface area (Å²) in [6.07, 6.45) is -4.76. The summed E-state index contributed by atoms with van der Waals surface area (Å²) in [6, 6.07) is -1.57. The lowest BCUT2D eigenvalue weighted by atomic mass is 10.1. The van der Waals surface area contributed by atoms with Crippen molar-refractivity contribution in [2.75, 3.05) is 19.0 Å². The normalized spacial score (nSPS) is 13.8. The van der Waals surface area contributed by atoms with Crippen LogP contribution in [0.25, 0.3) is 11.1 Å². The Bertz CT molecular complexity index is 1010. The first-order valence-electron chi connectivity index (χ1n) is 8.86. The predicted molar refractivity (Wildman–Crippen MR) is 102 cm³/mol. The topological polar surface area (TPSA) is 88.8 Å². The summed E-state index contributed by atoms with van der Waals surface area (Å²) in [6.45, 7) is 2.05. The summed E-state index contributed by atoms with van der Waals surface area (Å²) in [4.78, 5) is 18.8. The summed E-state index contributed by atoms with van der Waals surface area (Å²) in [5.41, 5.74) is -1.60. The number of carbonyl (C=O) groups excluding carboxylic acids is 1. The van der Waals surface area contributed by atoms with Gasteiger partial charge in [-0.05, 0) is 6.92 Å². The Balaban J connectivity index is 2.56. The molecule has 174 valence electrons. The third-order valence-corrected chi connectivity index (χ3v) is 4.35. The van der Waals surface area contributed by atoms with Gasteiger partial charge < -0.3 is 10.1 Å². The van der Waals surface area contributed by atoms with Crippen molar-refractivity contribution in [3.63, 3.8) is 0 Å². The number of anilines is 1. The van der Waals surface area contributed by atoms with Gasteiger partial charge in [-0.15, -0.1) is 5.11 Å². The number of hydrogen-bond acceptors (Lipinski definition) is 7. The fourth-order valence-corrected chi connectivity index (χ4v) is 2.62. The second-order valence-corrected chi connectivity index (χ2v) is 6.90. The van der Waals surface area contributed by atoms with Crippen LogP contribution >= 0.6 is 11.6 Å². The number of ether oxygens (including phenoxy) is 1. The van der Waals surface area contributed by atoms with Crippen molar-refractivity contribution in [2.45, 2.75) is 26.1 Å². The molecule has 2 aromatic rings. The molecule has 1 aromatic heterocycles. The Morgan fingerprint density at radius 3 is 2.28 bits per heavy atom. The minimum atomic E-state index is -4.76. The molecule has 0 bridgehead atoms. The largest absolute Gasteiger partial charge is 0.469 e. The van der Waals surface area contributed by atoms with Crippen LogP contribution in [-0.2, 0) is 9.53 Å². The lowest BCUT2D eigenvalue weighted by Crippen LogP contribution is -2.33. The Labute approximate surface area is 182 Å². The fraction of sp³-hybridized carbons (Fsp3) is 0.389. The number of rotatable bonds is 7. The van der Waals surface area contributed by atoms with Crippen LogP contribution in [0.15, 0.2) is 22.4 Å². The first-order chi connectivity index (χ1) is 14.8. The molecular formula is C18H16ClF6N5O2. The second-order valence-electron chi connectivity index (χ2n) is 6.54. The molecule has 0 saturated carbocycles. The second kappa shape index (κ2) is 10.1. The smallest absolute Gasteiger partial charge is 0.408 e. The third-order valence-electron chi connectivity index (χ3n) is 4.07. The van der Waals surface area contributed by atoms with E-state index in [4.69, 9.17) is 11.6 Å². The van der Waals surface area contributed by atoms with Crippen molar-refractivity contribution >= 4 is 29.3 Å². The lowest BCUT2D eigenvalue weighted by molar-refractivity contribution is -0.144. The lowest BCUT2D eigenvalue weighted by Gasteiger charge is -2.20. The van der Waals surface area contributed by atoms with E-state index in [1.807, 2.05) is 5.32 Å². The maximum atomic E-state index is 14.3. The molecule has 32 heavy (non-hydrogen) atoms. The zero-order valence-electron chi connectivity index (χ0n) is 16.8. The van der Waals surface area contributed by atoms with Crippen LogP contribution in [0.4, 0.5) is 38.1 Å². The molecule has 0 amide bonds. The molecular weight excluding hydrogens is 468 g/mol. The van der Waals surface area contributed by atoms with Gasteiger partial charge in [0.15, 0.2) is 0 Å². The number of azo groups is 1. The van der Waals surface area contributed by atoms with Crippen LogP contribution in [-0.4, -0.2) is 41.8 Å². The van der Waals surface area contributed by atoms with Gasteiger partial charge in [-0.2, -0.15) is 28.3 Å². The SMILES string of the molecule is COC(=O)C(C)CN=Nc1nc(Cl)c(-c2c(F)cc(F)cc2F)c(N[C@@H](C)C(F)(F)F)n1. The van der Waals surface area contributed by atoms with Gasteiger partial charge in [-0.1, -0.05) is 18.5 Å². The van der Waals surface area contributed by atoms with Gasteiger partial charge in [-0.25, -0.2) is 13.2 Å². The van der Waals surface area contributed by atoms with Crippen LogP contribution in [0.1, 0.15) is 13.8 Å². The molecule has 0 aliphatic heterocycles. The van der Waals surface area contributed by atoms with E-state index in [0.29, 0.717) is 12.1 Å². The number of alkyl halides is 3. The van der Waals surface area contributed by atoms with E-state index >= 15 is 0 Å². The van der Waals surface area contributed by atoms with Crippen molar-refractivity contribution in [3.8, 4) is 11.1 Å². The zero-order valence-corrected chi connectivity index (χ0v) is 17.5. The maximum Gasteiger partial charge on any atom is 0.408 e. The number of aromatic nitrogens is 2. The van der Waals surface area contributed by atoms with E-state index in [1.165, 1.54) is 14.0 Å². The summed E-state index contributed by atoms with van der Waals surface area (Å²) >= 11 is 5.99. The van der Waals surface area contributed by atoms with Gasteiger partial charge in [0.25, 0.3) is 5.95 Å². The molecule has 7 nitrogen and oxygen atoms in total. The van der Waals surface area contributed by atoms with Crippen LogP contribution < -0.4 is 5.32 Å². The number of nitrogens with one attached hydrogen (secondary N) is 1. The highest BCUT2D eigenvalue weighted by Crippen LogP contribution is 2.39. The first kappa shape index (κ1) is 25.3. The molecule has 0 fully saturated rings. The van der Waals surface area contributed by atoms with E-state index in [-0.39, 0.29) is 6.54 Å². The number of hydrogen-bond donors (Lipinski definition) is 1. The monoisotopic (exact) mass is 483 g/mol. The van der Waals surface area contributed by atoms with Crippen molar-refractivity contribution in [2.24, 2.45) is 16.1 Å². The fourth-order valence-electron chi connectivity index (χ4n) is 2.36. The number of methoxy groups -OCH3 is 1. The predicted octanol–water partition coefficient (Wildman–Crippen LogP) is 5.47. The Hall–Kier alpha value is -2.96. The number of esters is 1. The molecule has 0 saturated heterocycles. The van der Waals surface area contributed by atoms with E-state index in [0.717, 1.165) is 6.92 Å². The standard InChI is InChI=1S/C18H16ClF6N5O2/c1-7(16(31)32-3)6-26-30-17-28-14(19)13(12-10(21)4-9(20)5-11(12)22)15(29-17)27-8(2)18(23,24)25/h4-5,7-8H,6H2,1-3H3,(H,27,28,29)/t7?,8-/m0/s1. The molecule has 0 aliphatic carbocycles. The number of nitrogens with zero attached hydrogens (tertiary/aromatic N) is 4. The Morgan fingerprint density at radius 1 is 1.16 bits per heavy atom. The van der Waals surface area contributed by atoms with E-state index in [1.54, 1.807) is 0 Å². The van der Waals surface area contributed by atoms with Crippen LogP contribution in [0, 0.1) is 23.4 Å². The number of halogens is 7. The number of benzene rings is 1. The zero-order chi connectivity index (χ0) is 24.2. The molecule has 1 N–H and O–H groups in total. The molecule has 0 spiro atoms. The highest BCUT2D eigenvalue weighted by atomic mass is 35.5. The van der Waals surface area contributed by atoms with Crippen molar-refractivity contribution in [3.05, 3.63) is 34.7 Å². The third kappa shape index (κ3) is 6.05. The molecule has 0 radical (unpaired) electrons. The van der Waals surface area contributed by atoms with Gasteiger partial charge in [0, 0.05) is 12.1 Å². The highest BCUT2D eigenvalue weighted by Gasteiger charge is 2.37. The van der Waals surface area contributed by atoms with Gasteiger partial charge in [-0.3, -0.25) is 4.79 Å². The summed E-state index contributed by atoms with van der Waals surface area (Å²) < 4.78 is 85.6. The summed E-state index contributed by atoms with van der Waals surface area (Å²) in [5, 5.41) is 8.54. The van der Waals surface area contributed by atoms with Gasteiger partial charge in [0.1, 0.15) is 34.5 Å². The van der Waals surface area contributed by atoms with Gasteiger partial charge >= 0.3 is 12.1 Å². The van der Waals surface area contributed by atoms with Crippen LogP contribution in [0.5, 0.6) is 0 Å². The summed E-state index contributed by atoms with van der Waals surface area (Å²) in [7, 11) is 1.17. The minimum absolute atomic E-state index is 0.168. The number of carbonyl (C=O) groups is 1. The summed E-state index contributed by atoms with van der Waals surface area (Å²) in [5.74, 6) is -6.64. The van der Waals surface area contributed by atoms with Crippen molar-refractivity contribution < 1.29 is 35.9 Å². The minimum Gasteiger partial charge on any atom is -0.469 e. The van der Waals surface area contributed by atoms with E-state index in [2.05, 4.69) is 24.9 Å².